The van der Waals surface area contributed by atoms with Crippen molar-refractivity contribution in [3.8, 4) is 33.9 Å². The number of nitrogens with one attached hydrogen (secondary N) is 2. The van der Waals surface area contributed by atoms with Crippen LogP contribution in [0.15, 0.2) is 73.3 Å². The Bertz CT molecular complexity index is 1590. The fourth-order valence-corrected chi connectivity index (χ4v) is 4.82. The van der Waals surface area contributed by atoms with Crippen LogP contribution in [0.25, 0.3) is 44.8 Å². The Morgan fingerprint density at radius 2 is 1.89 bits per heavy atom. The number of nitrogens with zero attached hydrogens (tertiary/aromatic N) is 4. The molecule has 8 heteroatoms. The number of pyridine rings is 3. The van der Waals surface area contributed by atoms with E-state index >= 15 is 0 Å². The summed E-state index contributed by atoms with van der Waals surface area (Å²) in [7, 11) is 0. The SMILES string of the molecule is Cc1cccc(-c2[nH]cnc2-c2ccc3ncc(-c4ccc(C(=O)OC[C@H]5CCCCN5)cn4)cc3c2)n1. The topological polar surface area (TPSA) is 106 Å². The first kappa shape index (κ1) is 23.9. The summed E-state index contributed by atoms with van der Waals surface area (Å²) in [5.41, 5.74) is 7.39. The van der Waals surface area contributed by atoms with Gasteiger partial charge in [-0.1, -0.05) is 18.6 Å². The smallest absolute Gasteiger partial charge is 0.339 e. The van der Waals surface area contributed by atoms with E-state index in [1.54, 1.807) is 24.8 Å². The van der Waals surface area contributed by atoms with Gasteiger partial charge in [-0.15, -0.1) is 0 Å². The van der Waals surface area contributed by atoms with Crippen LogP contribution in [0.2, 0.25) is 0 Å². The first-order valence-electron chi connectivity index (χ1n) is 12.9. The van der Waals surface area contributed by atoms with Crippen LogP contribution >= 0.6 is 0 Å². The maximum Gasteiger partial charge on any atom is 0.339 e. The van der Waals surface area contributed by atoms with Gasteiger partial charge in [0.2, 0.25) is 0 Å². The molecule has 1 atom stereocenters. The summed E-state index contributed by atoms with van der Waals surface area (Å²) in [5.74, 6) is -0.351. The van der Waals surface area contributed by atoms with Crippen molar-refractivity contribution in [3.63, 3.8) is 0 Å². The van der Waals surface area contributed by atoms with Crippen molar-refractivity contribution in [2.75, 3.05) is 13.2 Å². The van der Waals surface area contributed by atoms with Gasteiger partial charge >= 0.3 is 5.97 Å². The van der Waals surface area contributed by atoms with Crippen LogP contribution in [0.3, 0.4) is 0 Å². The lowest BCUT2D eigenvalue weighted by atomic mass is 10.0. The lowest BCUT2D eigenvalue weighted by Gasteiger charge is -2.22. The molecule has 0 saturated carbocycles. The van der Waals surface area contributed by atoms with Crippen LogP contribution in [0.5, 0.6) is 0 Å². The van der Waals surface area contributed by atoms with E-state index < -0.39 is 0 Å². The molecule has 5 aromatic rings. The average Bonchev–Trinajstić information content (AvgIpc) is 3.46. The number of benzene rings is 1. The molecule has 1 aliphatic rings. The monoisotopic (exact) mass is 504 g/mol. The summed E-state index contributed by atoms with van der Waals surface area (Å²) < 4.78 is 5.50. The summed E-state index contributed by atoms with van der Waals surface area (Å²) in [6.45, 7) is 3.34. The Kier molecular flexibility index (Phi) is 6.62. The van der Waals surface area contributed by atoms with Gasteiger partial charge in [0.25, 0.3) is 0 Å². The second-order valence-corrected chi connectivity index (χ2v) is 9.60. The highest BCUT2D eigenvalue weighted by Gasteiger charge is 2.17. The van der Waals surface area contributed by atoms with Gasteiger partial charge in [0.05, 0.1) is 40.2 Å². The molecule has 8 nitrogen and oxygen atoms in total. The largest absolute Gasteiger partial charge is 0.460 e. The van der Waals surface area contributed by atoms with Crippen molar-refractivity contribution in [1.82, 2.24) is 30.2 Å². The van der Waals surface area contributed by atoms with Crippen LogP contribution in [-0.4, -0.2) is 50.1 Å². The first-order chi connectivity index (χ1) is 18.6. The van der Waals surface area contributed by atoms with Crippen molar-refractivity contribution in [2.24, 2.45) is 0 Å². The predicted molar refractivity (Wildman–Crippen MR) is 146 cm³/mol. The van der Waals surface area contributed by atoms with Crippen molar-refractivity contribution in [3.05, 3.63) is 84.6 Å². The number of aryl methyl sites for hydroxylation is 1. The molecule has 1 fully saturated rings. The molecule has 0 radical (unpaired) electrons. The molecule has 6 rings (SSSR count). The summed E-state index contributed by atoms with van der Waals surface area (Å²) >= 11 is 0. The molecule has 0 aliphatic carbocycles. The highest BCUT2D eigenvalue weighted by Crippen LogP contribution is 2.31. The molecular weight excluding hydrogens is 476 g/mol. The molecule has 1 aromatic carbocycles. The predicted octanol–water partition coefficient (Wildman–Crippen LogP) is 5.36. The van der Waals surface area contributed by atoms with E-state index in [1.807, 2.05) is 43.3 Å². The minimum absolute atomic E-state index is 0.235. The number of aromatic nitrogens is 5. The number of esters is 1. The van der Waals surface area contributed by atoms with Crippen molar-refractivity contribution >= 4 is 16.9 Å². The van der Waals surface area contributed by atoms with E-state index in [2.05, 4.69) is 42.4 Å². The van der Waals surface area contributed by atoms with Gasteiger partial charge in [-0.3, -0.25) is 15.0 Å². The van der Waals surface area contributed by atoms with Crippen LogP contribution in [0.1, 0.15) is 35.3 Å². The second kappa shape index (κ2) is 10.5. The highest BCUT2D eigenvalue weighted by molar-refractivity contribution is 5.91. The first-order valence-corrected chi connectivity index (χ1v) is 12.9. The Hall–Kier alpha value is -4.43. The third-order valence-corrected chi connectivity index (χ3v) is 6.86. The summed E-state index contributed by atoms with van der Waals surface area (Å²) in [4.78, 5) is 34.1. The van der Waals surface area contributed by atoms with Gasteiger partial charge in [-0.05, 0) is 68.8 Å². The number of ether oxygens (including phenoxy) is 1. The quantitative estimate of drug-likeness (QED) is 0.300. The number of carbonyl (C=O) groups is 1. The van der Waals surface area contributed by atoms with Gasteiger partial charge in [0.15, 0.2) is 0 Å². The van der Waals surface area contributed by atoms with E-state index in [9.17, 15) is 4.79 Å². The van der Waals surface area contributed by atoms with Crippen molar-refractivity contribution < 1.29 is 9.53 Å². The number of carbonyl (C=O) groups excluding carboxylic acids is 1. The number of rotatable bonds is 6. The zero-order valence-corrected chi connectivity index (χ0v) is 21.1. The second-order valence-electron chi connectivity index (χ2n) is 9.60. The number of aromatic amines is 1. The number of piperidine rings is 1. The maximum absolute atomic E-state index is 12.5. The number of hydrogen-bond acceptors (Lipinski definition) is 7. The van der Waals surface area contributed by atoms with Crippen molar-refractivity contribution in [1.29, 1.82) is 0 Å². The van der Waals surface area contributed by atoms with Crippen LogP contribution in [0.4, 0.5) is 0 Å². The summed E-state index contributed by atoms with van der Waals surface area (Å²) in [6, 6.07) is 17.9. The molecule has 0 spiro atoms. The minimum atomic E-state index is -0.351. The highest BCUT2D eigenvalue weighted by atomic mass is 16.5. The lowest BCUT2D eigenvalue weighted by molar-refractivity contribution is 0.0451. The minimum Gasteiger partial charge on any atom is -0.460 e. The Morgan fingerprint density at radius 1 is 0.974 bits per heavy atom. The number of H-pyrrole nitrogens is 1. The molecule has 0 bridgehead atoms. The zero-order chi connectivity index (χ0) is 25.9. The van der Waals surface area contributed by atoms with E-state index in [-0.39, 0.29) is 12.0 Å². The number of hydrogen-bond donors (Lipinski definition) is 2. The number of fused-ring (bicyclic) bond motifs is 1. The van der Waals surface area contributed by atoms with Crippen LogP contribution < -0.4 is 5.32 Å². The lowest BCUT2D eigenvalue weighted by Crippen LogP contribution is -2.38. The van der Waals surface area contributed by atoms with Gasteiger partial charge in [0.1, 0.15) is 6.61 Å². The van der Waals surface area contributed by atoms with Gasteiger partial charge in [-0.2, -0.15) is 0 Å². The maximum atomic E-state index is 12.5. The van der Waals surface area contributed by atoms with Gasteiger partial charge in [-0.25, -0.2) is 9.78 Å². The van der Waals surface area contributed by atoms with E-state index in [1.165, 1.54) is 12.8 Å². The third-order valence-electron chi connectivity index (χ3n) is 6.86. The molecule has 38 heavy (non-hydrogen) atoms. The standard InChI is InChI=1S/C30H28N6O2/c1-19-5-4-7-27(36-19)29-28(34-18-35-29)20-8-10-25-22(13-20)14-23(16-33-25)26-11-9-21(15-32-26)30(37)38-17-24-6-2-3-12-31-24/h4-5,7-11,13-16,18,24,31H,2-3,6,12,17H2,1H3,(H,34,35)/t24-/m1/s1. The molecule has 0 unspecified atom stereocenters. The molecule has 2 N–H and O–H groups in total. The molecule has 190 valence electrons. The molecule has 4 aromatic heterocycles. The summed E-state index contributed by atoms with van der Waals surface area (Å²) in [6.07, 6.45) is 8.43. The third kappa shape index (κ3) is 5.03. The molecule has 0 amide bonds. The average molecular weight is 505 g/mol. The fourth-order valence-electron chi connectivity index (χ4n) is 4.82. The van der Waals surface area contributed by atoms with E-state index in [0.717, 1.165) is 63.5 Å². The normalized spacial score (nSPS) is 15.4. The molecule has 1 saturated heterocycles. The van der Waals surface area contributed by atoms with Gasteiger partial charge < -0.3 is 15.0 Å². The summed E-state index contributed by atoms with van der Waals surface area (Å²) in [5, 5.41) is 4.36. The van der Waals surface area contributed by atoms with Crippen LogP contribution in [-0.2, 0) is 4.74 Å². The number of imidazole rings is 1. The van der Waals surface area contributed by atoms with Crippen LogP contribution in [0, 0.1) is 6.92 Å². The zero-order valence-electron chi connectivity index (χ0n) is 21.1. The van der Waals surface area contributed by atoms with E-state index in [4.69, 9.17) is 4.74 Å². The Labute approximate surface area is 220 Å². The van der Waals surface area contributed by atoms with Gasteiger partial charge in [0, 0.05) is 40.6 Å². The molecule has 5 heterocycles. The fraction of sp³-hybridized carbons (Fsp3) is 0.233. The molecular formula is C30H28N6O2. The Morgan fingerprint density at radius 3 is 2.71 bits per heavy atom. The molecule has 1 aliphatic heterocycles. The van der Waals surface area contributed by atoms with Crippen molar-refractivity contribution in [2.45, 2.75) is 32.2 Å². The van der Waals surface area contributed by atoms with E-state index in [0.29, 0.717) is 12.2 Å². The Balaban J connectivity index is 1.23.